The van der Waals surface area contributed by atoms with Crippen molar-refractivity contribution >= 4 is 0 Å². The van der Waals surface area contributed by atoms with Crippen molar-refractivity contribution in [3.63, 3.8) is 0 Å². The number of hydrogen-bond donors (Lipinski definition) is 1. The smallest absolute Gasteiger partial charge is 0.0976 e. The molecule has 3 rings (SSSR count). The van der Waals surface area contributed by atoms with Gasteiger partial charge in [0.05, 0.1) is 17.6 Å². The molecule has 0 radical (unpaired) electrons. The summed E-state index contributed by atoms with van der Waals surface area (Å²) in [6.07, 6.45) is 5.74. The van der Waals surface area contributed by atoms with Crippen molar-refractivity contribution in [2.24, 2.45) is 5.41 Å². The average Bonchev–Trinajstić information content (AvgIpc) is 3.16. The summed E-state index contributed by atoms with van der Waals surface area (Å²) in [4.78, 5) is 0. The highest BCUT2D eigenvalue weighted by Crippen LogP contribution is 2.47. The predicted molar refractivity (Wildman–Crippen MR) is 69.9 cm³/mol. The fourth-order valence-electron chi connectivity index (χ4n) is 3.14. The lowest BCUT2D eigenvalue weighted by molar-refractivity contribution is 0.0671. The van der Waals surface area contributed by atoms with Crippen LogP contribution in [-0.4, -0.2) is 5.11 Å². The third-order valence-corrected chi connectivity index (χ3v) is 4.54. The highest BCUT2D eigenvalue weighted by atomic mass is 16.3. The Bertz CT molecular complexity index is 461. The molecule has 2 fully saturated rings. The molecule has 0 spiro atoms. The molecule has 0 aliphatic heterocycles. The minimum Gasteiger partial charge on any atom is -0.387 e. The monoisotopic (exact) mass is 241 g/mol. The quantitative estimate of drug-likeness (QED) is 0.877. The molecule has 0 bridgehead atoms. The van der Waals surface area contributed by atoms with E-state index in [4.69, 9.17) is 0 Å². The van der Waals surface area contributed by atoms with Gasteiger partial charge in [-0.1, -0.05) is 37.1 Å². The van der Waals surface area contributed by atoms with Crippen molar-refractivity contribution < 1.29 is 5.11 Å². The number of aliphatic hydroxyl groups is 1. The Hall–Kier alpha value is -1.33. The molecular weight excluding hydrogens is 222 g/mol. The molecule has 2 aliphatic rings. The Labute approximate surface area is 108 Å². The number of aliphatic hydroxyl groups excluding tert-OH is 1. The first-order valence-corrected chi connectivity index (χ1v) is 6.94. The molecule has 0 heterocycles. The van der Waals surface area contributed by atoms with Crippen molar-refractivity contribution in [2.75, 3.05) is 0 Å². The molecule has 1 aromatic carbocycles. The summed E-state index contributed by atoms with van der Waals surface area (Å²) in [5.74, 6) is 0.743. The molecular formula is C16H19NO. The van der Waals surface area contributed by atoms with Gasteiger partial charge in [-0.15, -0.1) is 0 Å². The third kappa shape index (κ3) is 1.93. The molecule has 2 aliphatic carbocycles. The Morgan fingerprint density at radius 2 is 1.78 bits per heavy atom. The number of benzene rings is 1. The van der Waals surface area contributed by atoms with Gasteiger partial charge < -0.3 is 5.11 Å². The van der Waals surface area contributed by atoms with E-state index < -0.39 is 11.5 Å². The van der Waals surface area contributed by atoms with Crippen LogP contribution in [0.1, 0.15) is 61.7 Å². The van der Waals surface area contributed by atoms with E-state index in [1.54, 1.807) is 0 Å². The largest absolute Gasteiger partial charge is 0.387 e. The van der Waals surface area contributed by atoms with Crippen LogP contribution < -0.4 is 0 Å². The van der Waals surface area contributed by atoms with Gasteiger partial charge in [-0.25, -0.2) is 0 Å². The van der Waals surface area contributed by atoms with Gasteiger partial charge in [0.2, 0.25) is 0 Å². The van der Waals surface area contributed by atoms with Crippen molar-refractivity contribution in [1.29, 1.82) is 5.26 Å². The van der Waals surface area contributed by atoms with E-state index in [1.807, 2.05) is 12.1 Å². The van der Waals surface area contributed by atoms with Gasteiger partial charge >= 0.3 is 0 Å². The summed E-state index contributed by atoms with van der Waals surface area (Å²) >= 11 is 0. The second-order valence-corrected chi connectivity index (χ2v) is 5.82. The minimum atomic E-state index is -0.627. The Balaban J connectivity index is 1.82. The zero-order valence-corrected chi connectivity index (χ0v) is 10.6. The molecule has 2 heteroatoms. The van der Waals surface area contributed by atoms with Gasteiger partial charge in [0.15, 0.2) is 0 Å². The van der Waals surface area contributed by atoms with Crippen LogP contribution in [0.5, 0.6) is 0 Å². The second-order valence-electron chi connectivity index (χ2n) is 5.82. The topological polar surface area (TPSA) is 44.0 Å². The predicted octanol–water partition coefficient (Wildman–Crippen LogP) is 3.68. The van der Waals surface area contributed by atoms with Gasteiger partial charge in [-0.05, 0) is 42.7 Å². The van der Waals surface area contributed by atoms with Crippen LogP contribution in [0, 0.1) is 16.7 Å². The molecule has 0 saturated heterocycles. The lowest BCUT2D eigenvalue weighted by Gasteiger charge is -2.27. The first-order valence-electron chi connectivity index (χ1n) is 6.94. The molecule has 18 heavy (non-hydrogen) atoms. The van der Waals surface area contributed by atoms with Gasteiger partial charge in [0.25, 0.3) is 0 Å². The summed E-state index contributed by atoms with van der Waals surface area (Å²) in [5, 5.41) is 19.9. The van der Waals surface area contributed by atoms with Crippen molar-refractivity contribution in [1.82, 2.24) is 0 Å². The van der Waals surface area contributed by atoms with Crippen molar-refractivity contribution in [3.05, 3.63) is 35.4 Å². The minimum absolute atomic E-state index is 0.541. The summed E-state index contributed by atoms with van der Waals surface area (Å²) in [7, 11) is 0. The fraction of sp³-hybridized carbons (Fsp3) is 0.562. The molecule has 1 N–H and O–H groups in total. The molecule has 2 nitrogen and oxygen atoms in total. The van der Waals surface area contributed by atoms with Gasteiger partial charge in [0.1, 0.15) is 0 Å². The van der Waals surface area contributed by atoms with Crippen molar-refractivity contribution in [3.8, 4) is 6.07 Å². The average molecular weight is 241 g/mol. The zero-order chi connectivity index (χ0) is 12.6. The van der Waals surface area contributed by atoms with Gasteiger partial charge in [0, 0.05) is 0 Å². The van der Waals surface area contributed by atoms with Crippen LogP contribution in [0.15, 0.2) is 24.3 Å². The molecule has 0 amide bonds. The molecule has 94 valence electrons. The van der Waals surface area contributed by atoms with Gasteiger partial charge in [-0.2, -0.15) is 5.26 Å². The highest BCUT2D eigenvalue weighted by molar-refractivity contribution is 5.31. The summed E-state index contributed by atoms with van der Waals surface area (Å²) < 4.78 is 0. The lowest BCUT2D eigenvalue weighted by Crippen LogP contribution is -2.23. The first-order chi connectivity index (χ1) is 8.75. The van der Waals surface area contributed by atoms with E-state index in [2.05, 4.69) is 18.2 Å². The van der Waals surface area contributed by atoms with Crippen LogP contribution in [-0.2, 0) is 0 Å². The standard InChI is InChI=1S/C16H19NO/c17-11-16(9-1-2-10-16)15(18)14-7-5-13(6-8-14)12-3-4-12/h5-8,12,15,18H,1-4,9-10H2. The van der Waals surface area contributed by atoms with E-state index in [0.29, 0.717) is 0 Å². The van der Waals surface area contributed by atoms with Crippen LogP contribution in [0.2, 0.25) is 0 Å². The Morgan fingerprint density at radius 1 is 1.17 bits per heavy atom. The van der Waals surface area contributed by atoms with Crippen molar-refractivity contribution in [2.45, 2.75) is 50.5 Å². The SMILES string of the molecule is N#CC1(C(O)c2ccc(C3CC3)cc2)CCCC1. The van der Waals surface area contributed by atoms with E-state index in [-0.39, 0.29) is 0 Å². The van der Waals surface area contributed by atoms with Crippen LogP contribution >= 0.6 is 0 Å². The molecule has 1 aromatic rings. The maximum Gasteiger partial charge on any atom is 0.0976 e. The van der Waals surface area contributed by atoms with Crippen LogP contribution in [0.3, 0.4) is 0 Å². The summed E-state index contributed by atoms with van der Waals surface area (Å²) in [5.41, 5.74) is 1.74. The number of hydrogen-bond acceptors (Lipinski definition) is 2. The Morgan fingerprint density at radius 3 is 2.28 bits per heavy atom. The fourth-order valence-corrected chi connectivity index (χ4v) is 3.14. The zero-order valence-electron chi connectivity index (χ0n) is 10.6. The second kappa shape index (κ2) is 4.40. The van der Waals surface area contributed by atoms with E-state index >= 15 is 0 Å². The van der Waals surface area contributed by atoms with Crippen LogP contribution in [0.4, 0.5) is 0 Å². The summed E-state index contributed by atoms with van der Waals surface area (Å²) in [6, 6.07) is 10.6. The number of nitrogens with zero attached hydrogens (tertiary/aromatic N) is 1. The molecule has 0 aromatic heterocycles. The Kier molecular flexibility index (Phi) is 2.87. The summed E-state index contributed by atoms with van der Waals surface area (Å²) in [6.45, 7) is 0. The molecule has 2 saturated carbocycles. The van der Waals surface area contributed by atoms with Crippen LogP contribution in [0.25, 0.3) is 0 Å². The highest BCUT2D eigenvalue weighted by Gasteiger charge is 2.41. The first kappa shape index (κ1) is 11.7. The van der Waals surface area contributed by atoms with E-state index in [1.165, 1.54) is 18.4 Å². The van der Waals surface area contributed by atoms with E-state index in [9.17, 15) is 10.4 Å². The van der Waals surface area contributed by atoms with E-state index in [0.717, 1.165) is 37.2 Å². The number of nitriles is 1. The number of rotatable bonds is 3. The molecule has 1 unspecified atom stereocenters. The maximum atomic E-state index is 10.5. The maximum absolute atomic E-state index is 10.5. The molecule has 1 atom stereocenters. The van der Waals surface area contributed by atoms with Gasteiger partial charge in [-0.3, -0.25) is 0 Å². The lowest BCUT2D eigenvalue weighted by atomic mass is 9.78. The normalized spacial score (nSPS) is 23.6. The third-order valence-electron chi connectivity index (χ3n) is 4.54.